The van der Waals surface area contributed by atoms with Crippen LogP contribution in [0.25, 0.3) is 11.0 Å². The minimum Gasteiger partial charge on any atom is -0.351 e. The molecule has 0 radical (unpaired) electrons. The zero-order valence-electron chi connectivity index (χ0n) is 16.3. The van der Waals surface area contributed by atoms with Crippen LogP contribution in [0.4, 0.5) is 17.3 Å². The lowest BCUT2D eigenvalue weighted by molar-refractivity contribution is 0.577. The molecule has 2 bridgehead atoms. The van der Waals surface area contributed by atoms with Gasteiger partial charge in [0.25, 0.3) is 0 Å². The molecule has 2 aliphatic heterocycles. The fourth-order valence-corrected chi connectivity index (χ4v) is 5.07. The van der Waals surface area contributed by atoms with Crippen molar-refractivity contribution in [3.63, 3.8) is 0 Å². The number of benzene rings is 1. The second kappa shape index (κ2) is 6.53. The van der Waals surface area contributed by atoms with Crippen LogP contribution in [0.15, 0.2) is 36.7 Å². The fourth-order valence-electron chi connectivity index (χ4n) is 4.71. The number of piperazine rings is 1. The second-order valence-electron chi connectivity index (χ2n) is 8.42. The number of rotatable bonds is 4. The monoisotopic (exact) mass is 417 g/mol. The average molecular weight is 418 g/mol. The fraction of sp³-hybridized carbons (Fsp3) is 0.364. The van der Waals surface area contributed by atoms with Gasteiger partial charge in [-0.2, -0.15) is 5.26 Å². The van der Waals surface area contributed by atoms with Crippen LogP contribution in [0.3, 0.4) is 0 Å². The number of hydrogen-bond donors (Lipinski definition) is 2. The summed E-state index contributed by atoms with van der Waals surface area (Å²) in [6.07, 6.45) is 4.45. The van der Waals surface area contributed by atoms with Crippen molar-refractivity contribution >= 4 is 40.0 Å². The minimum atomic E-state index is -0.405. The second-order valence-corrected chi connectivity index (χ2v) is 8.83. The van der Waals surface area contributed by atoms with E-state index in [1.807, 2.05) is 30.3 Å². The third-order valence-corrected chi connectivity index (χ3v) is 6.84. The number of nitrogens with one attached hydrogen (secondary N) is 2. The molecule has 1 saturated carbocycles. The van der Waals surface area contributed by atoms with Gasteiger partial charge < -0.3 is 15.5 Å². The minimum absolute atomic E-state index is 0.405. The molecule has 8 heteroatoms. The summed E-state index contributed by atoms with van der Waals surface area (Å²) in [4.78, 5) is 16.1. The maximum absolute atomic E-state index is 9.45. The Bertz CT molecular complexity index is 1200. The first-order valence-corrected chi connectivity index (χ1v) is 10.6. The molecular formula is C22H20ClN7. The molecule has 2 aromatic heterocycles. The molecule has 3 aromatic rings. The Labute approximate surface area is 179 Å². The van der Waals surface area contributed by atoms with E-state index in [0.717, 1.165) is 54.0 Å². The predicted molar refractivity (Wildman–Crippen MR) is 116 cm³/mol. The number of nitrogens with zero attached hydrogens (tertiary/aromatic N) is 5. The third kappa shape index (κ3) is 2.79. The van der Waals surface area contributed by atoms with Gasteiger partial charge in [0.2, 0.25) is 0 Å². The Kier molecular flexibility index (Phi) is 3.89. The summed E-state index contributed by atoms with van der Waals surface area (Å²) in [5.74, 6) is 1.61. The Balaban J connectivity index is 1.33. The summed E-state index contributed by atoms with van der Waals surface area (Å²) in [7, 11) is 0. The topological polar surface area (TPSA) is 89.8 Å². The van der Waals surface area contributed by atoms with Crippen LogP contribution in [-0.2, 0) is 5.41 Å². The normalized spacial score (nSPS) is 23.5. The van der Waals surface area contributed by atoms with Crippen LogP contribution in [0.1, 0.15) is 24.8 Å². The van der Waals surface area contributed by atoms with Crippen LogP contribution in [0.5, 0.6) is 0 Å². The number of pyridine rings is 1. The van der Waals surface area contributed by atoms with Crippen molar-refractivity contribution in [2.45, 2.75) is 36.8 Å². The summed E-state index contributed by atoms with van der Waals surface area (Å²) < 4.78 is 0. The van der Waals surface area contributed by atoms with E-state index in [1.54, 1.807) is 6.33 Å². The summed E-state index contributed by atoms with van der Waals surface area (Å²) in [6, 6.07) is 13.3. The molecule has 4 heterocycles. The van der Waals surface area contributed by atoms with Gasteiger partial charge in [0, 0.05) is 35.9 Å². The number of nitriles is 1. The number of hydrogen-bond acceptors (Lipinski definition) is 7. The molecule has 6 rings (SSSR count). The summed E-state index contributed by atoms with van der Waals surface area (Å²) >= 11 is 6.51. The molecule has 2 atom stereocenters. The van der Waals surface area contributed by atoms with E-state index in [0.29, 0.717) is 22.9 Å². The van der Waals surface area contributed by atoms with Gasteiger partial charge in [0.15, 0.2) is 5.82 Å². The Morgan fingerprint density at radius 3 is 2.83 bits per heavy atom. The molecule has 1 aliphatic carbocycles. The van der Waals surface area contributed by atoms with E-state index in [1.165, 1.54) is 6.42 Å². The lowest BCUT2D eigenvalue weighted by Crippen LogP contribution is -2.44. The van der Waals surface area contributed by atoms with Gasteiger partial charge in [-0.1, -0.05) is 17.7 Å². The van der Waals surface area contributed by atoms with Crippen LogP contribution < -0.4 is 15.5 Å². The number of halogens is 1. The van der Waals surface area contributed by atoms with E-state index in [9.17, 15) is 5.26 Å². The molecule has 1 aromatic carbocycles. The molecule has 150 valence electrons. The van der Waals surface area contributed by atoms with Crippen molar-refractivity contribution < 1.29 is 0 Å². The highest BCUT2D eigenvalue weighted by Gasteiger charge is 2.46. The van der Waals surface area contributed by atoms with E-state index in [-0.39, 0.29) is 0 Å². The molecule has 3 fully saturated rings. The quantitative estimate of drug-likeness (QED) is 0.671. The molecular weight excluding hydrogens is 398 g/mol. The van der Waals surface area contributed by atoms with Crippen LogP contribution in [0.2, 0.25) is 5.02 Å². The van der Waals surface area contributed by atoms with E-state index < -0.39 is 5.41 Å². The number of anilines is 3. The van der Waals surface area contributed by atoms with Gasteiger partial charge >= 0.3 is 0 Å². The zero-order valence-corrected chi connectivity index (χ0v) is 17.0. The molecule has 30 heavy (non-hydrogen) atoms. The van der Waals surface area contributed by atoms with Crippen molar-refractivity contribution in [2.75, 3.05) is 23.3 Å². The first-order chi connectivity index (χ1) is 14.6. The van der Waals surface area contributed by atoms with Crippen molar-refractivity contribution in [3.8, 4) is 6.07 Å². The molecule has 2 N–H and O–H groups in total. The van der Waals surface area contributed by atoms with E-state index in [4.69, 9.17) is 16.6 Å². The standard InChI is InChI=1S/C22H20ClN7/c23-17-8-13(1-2-16(17)22(11-24)5-6-22)28-21-20-18(26-12-27-21)3-4-19(29-20)30-10-14-7-15(30)9-25-14/h1-4,8,12,14-15,25H,5-7,9-10H2,(H,26,27,28)/t14-,15-/m0/s1. The highest BCUT2D eigenvalue weighted by Crippen LogP contribution is 2.50. The van der Waals surface area contributed by atoms with Gasteiger partial charge in [-0.25, -0.2) is 15.0 Å². The van der Waals surface area contributed by atoms with Crippen LogP contribution >= 0.6 is 11.6 Å². The first-order valence-electron chi connectivity index (χ1n) is 10.3. The first kappa shape index (κ1) is 17.9. The van der Waals surface area contributed by atoms with Crippen LogP contribution in [-0.4, -0.2) is 40.1 Å². The molecule has 0 amide bonds. The molecule has 0 unspecified atom stereocenters. The average Bonchev–Trinajstić information content (AvgIpc) is 3.25. The van der Waals surface area contributed by atoms with Gasteiger partial charge in [0.1, 0.15) is 17.7 Å². The predicted octanol–water partition coefficient (Wildman–Crippen LogP) is 3.53. The van der Waals surface area contributed by atoms with E-state index in [2.05, 4.69) is 31.6 Å². The number of fused-ring (bicyclic) bond motifs is 3. The smallest absolute Gasteiger partial charge is 0.160 e. The summed E-state index contributed by atoms with van der Waals surface area (Å²) in [5.41, 5.74) is 2.85. The van der Waals surface area contributed by atoms with Gasteiger partial charge in [-0.15, -0.1) is 0 Å². The summed E-state index contributed by atoms with van der Waals surface area (Å²) in [5, 5.41) is 16.9. The Morgan fingerprint density at radius 1 is 1.23 bits per heavy atom. The Morgan fingerprint density at radius 2 is 2.13 bits per heavy atom. The SMILES string of the molecule is N#CC1(c2ccc(Nc3ncnc4ccc(N5C[C@@H]6C[C@H]5CN6)nc34)cc2Cl)CC1. The van der Waals surface area contributed by atoms with Crippen LogP contribution in [0, 0.1) is 11.3 Å². The molecule has 3 aliphatic rings. The van der Waals surface area contributed by atoms with Crippen molar-refractivity contribution in [2.24, 2.45) is 0 Å². The number of aromatic nitrogens is 3. The van der Waals surface area contributed by atoms with Crippen molar-refractivity contribution in [3.05, 3.63) is 47.2 Å². The zero-order chi connectivity index (χ0) is 20.3. The van der Waals surface area contributed by atoms with Crippen molar-refractivity contribution in [1.82, 2.24) is 20.3 Å². The lowest BCUT2D eigenvalue weighted by atomic mass is 9.97. The van der Waals surface area contributed by atoms with Crippen molar-refractivity contribution in [1.29, 1.82) is 5.26 Å². The molecule has 7 nitrogen and oxygen atoms in total. The summed E-state index contributed by atoms with van der Waals surface area (Å²) in [6.45, 7) is 1.99. The highest BCUT2D eigenvalue weighted by molar-refractivity contribution is 6.32. The lowest BCUT2D eigenvalue weighted by Gasteiger charge is -2.28. The van der Waals surface area contributed by atoms with Gasteiger partial charge in [0.05, 0.1) is 17.0 Å². The van der Waals surface area contributed by atoms with Gasteiger partial charge in [-0.3, -0.25) is 0 Å². The molecule has 2 saturated heterocycles. The maximum atomic E-state index is 9.45. The third-order valence-electron chi connectivity index (χ3n) is 6.53. The maximum Gasteiger partial charge on any atom is 0.160 e. The Hall–Kier alpha value is -2.95. The van der Waals surface area contributed by atoms with Gasteiger partial charge in [-0.05, 0) is 49.1 Å². The highest BCUT2D eigenvalue weighted by atomic mass is 35.5. The molecule has 0 spiro atoms. The van der Waals surface area contributed by atoms with E-state index >= 15 is 0 Å². The largest absolute Gasteiger partial charge is 0.351 e.